The highest BCUT2D eigenvalue weighted by atomic mass is 127. The topological polar surface area (TPSA) is 4.36 Å². The lowest BCUT2D eigenvalue weighted by Gasteiger charge is -1.93. The van der Waals surface area contributed by atoms with Crippen LogP contribution in [0.4, 0.5) is 5.69 Å². The van der Waals surface area contributed by atoms with Gasteiger partial charge < -0.3 is 0 Å². The summed E-state index contributed by atoms with van der Waals surface area (Å²) in [6.07, 6.45) is 0. The van der Waals surface area contributed by atoms with Crippen LogP contribution in [0.1, 0.15) is 0 Å². The van der Waals surface area contributed by atoms with Gasteiger partial charge in [-0.15, -0.1) is 0 Å². The van der Waals surface area contributed by atoms with Crippen LogP contribution in [0.25, 0.3) is 4.85 Å². The maximum Gasteiger partial charge on any atom is 0.200 e. The van der Waals surface area contributed by atoms with Gasteiger partial charge in [0.15, 0.2) is 5.69 Å². The first-order chi connectivity index (χ1) is 4.74. The van der Waals surface area contributed by atoms with Gasteiger partial charge in [0.2, 0.25) is 0 Å². The quantitative estimate of drug-likeness (QED) is 0.509. The summed E-state index contributed by atoms with van der Waals surface area (Å²) in [4.78, 5) is 3.33. The average Bonchev–Trinajstić information content (AvgIpc) is 1.88. The molecule has 3 heteroatoms. The van der Waals surface area contributed by atoms with Crippen LogP contribution in [0, 0.1) is 10.1 Å². The fourth-order valence-electron chi connectivity index (χ4n) is 0.572. The summed E-state index contributed by atoms with van der Waals surface area (Å²) in [7, 11) is 0. The van der Waals surface area contributed by atoms with Crippen molar-refractivity contribution in [2.75, 3.05) is 0 Å². The van der Waals surface area contributed by atoms with E-state index in [1.165, 1.54) is 0 Å². The third-order valence-electron chi connectivity index (χ3n) is 1.03. The minimum absolute atomic E-state index is 0.712. The van der Waals surface area contributed by atoms with Crippen LogP contribution in [0.2, 0.25) is 0 Å². The number of hydrogen-bond donors (Lipinski definition) is 0. The zero-order valence-corrected chi connectivity index (χ0v) is 8.68. The van der Waals surface area contributed by atoms with E-state index in [2.05, 4.69) is 43.4 Å². The molecule has 0 aliphatic rings. The van der Waals surface area contributed by atoms with E-state index in [1.807, 2.05) is 12.1 Å². The van der Waals surface area contributed by atoms with Crippen LogP contribution in [-0.4, -0.2) is 0 Å². The van der Waals surface area contributed by atoms with Crippen molar-refractivity contribution >= 4 is 44.2 Å². The molecule has 10 heavy (non-hydrogen) atoms. The summed E-state index contributed by atoms with van der Waals surface area (Å²) in [5, 5.41) is 0. The predicted molar refractivity (Wildman–Crippen MR) is 53.1 cm³/mol. The summed E-state index contributed by atoms with van der Waals surface area (Å²) in [6, 6.07) is 5.60. The first-order valence-electron chi connectivity index (χ1n) is 2.56. The molecule has 1 nitrogen and oxygen atoms in total. The minimum atomic E-state index is 0.712. The number of benzene rings is 1. The van der Waals surface area contributed by atoms with E-state index in [4.69, 9.17) is 6.57 Å². The Labute approximate surface area is 81.5 Å². The zero-order chi connectivity index (χ0) is 7.56. The maximum absolute atomic E-state index is 6.76. The van der Waals surface area contributed by atoms with E-state index in [0.717, 1.165) is 8.04 Å². The Bertz CT molecular complexity index is 290. The Hall–Kier alpha value is -0.0800. The van der Waals surface area contributed by atoms with Crippen LogP contribution >= 0.6 is 38.5 Å². The standard InChI is InChI=1S/C7H3BrIN/c1-10-7-3-2-5(8)4-6(7)9/h2-4H. The summed E-state index contributed by atoms with van der Waals surface area (Å²) < 4.78 is 2.01. The molecule has 0 radical (unpaired) electrons. The molecule has 0 unspecified atom stereocenters. The number of rotatable bonds is 0. The van der Waals surface area contributed by atoms with Crippen molar-refractivity contribution in [3.05, 3.63) is 37.7 Å². The molecule has 0 spiro atoms. The fourth-order valence-corrected chi connectivity index (χ4v) is 2.00. The average molecular weight is 308 g/mol. The lowest BCUT2D eigenvalue weighted by molar-refractivity contribution is 1.61. The number of hydrogen-bond acceptors (Lipinski definition) is 0. The first kappa shape index (κ1) is 8.02. The van der Waals surface area contributed by atoms with Crippen LogP contribution in [0.15, 0.2) is 22.7 Å². The van der Waals surface area contributed by atoms with Gasteiger partial charge in [0.05, 0.1) is 6.57 Å². The highest BCUT2D eigenvalue weighted by molar-refractivity contribution is 14.1. The Morgan fingerprint density at radius 2 is 2.20 bits per heavy atom. The third-order valence-corrected chi connectivity index (χ3v) is 2.39. The van der Waals surface area contributed by atoms with E-state index in [0.29, 0.717) is 5.69 Å². The molecule has 0 saturated heterocycles. The van der Waals surface area contributed by atoms with Crippen LogP contribution < -0.4 is 0 Å². The van der Waals surface area contributed by atoms with Gasteiger partial charge in [-0.3, -0.25) is 0 Å². The van der Waals surface area contributed by atoms with Crippen molar-refractivity contribution in [2.24, 2.45) is 0 Å². The molecule has 0 amide bonds. The van der Waals surface area contributed by atoms with Crippen molar-refractivity contribution < 1.29 is 0 Å². The largest absolute Gasteiger partial charge is 0.237 e. The normalized spacial score (nSPS) is 8.90. The Morgan fingerprint density at radius 1 is 1.50 bits per heavy atom. The molecule has 0 aromatic heterocycles. The summed E-state index contributed by atoms with van der Waals surface area (Å²) in [5.74, 6) is 0. The second-order valence-electron chi connectivity index (χ2n) is 1.71. The molecule has 0 N–H and O–H groups in total. The van der Waals surface area contributed by atoms with Gasteiger partial charge in [0, 0.05) is 8.04 Å². The molecular weight excluding hydrogens is 305 g/mol. The molecule has 0 heterocycles. The van der Waals surface area contributed by atoms with E-state index in [1.54, 1.807) is 6.07 Å². The molecule has 0 saturated carbocycles. The number of nitrogens with zero attached hydrogens (tertiary/aromatic N) is 1. The molecule has 0 aliphatic heterocycles. The van der Waals surface area contributed by atoms with Gasteiger partial charge in [-0.2, -0.15) is 0 Å². The number of halogens is 2. The molecule has 1 aromatic carbocycles. The molecular formula is C7H3BrIN. The highest BCUT2D eigenvalue weighted by Gasteiger charge is 1.96. The van der Waals surface area contributed by atoms with Crippen molar-refractivity contribution in [3.8, 4) is 0 Å². The van der Waals surface area contributed by atoms with E-state index >= 15 is 0 Å². The smallest absolute Gasteiger partial charge is 0.200 e. The molecule has 50 valence electrons. The van der Waals surface area contributed by atoms with Crippen LogP contribution in [0.3, 0.4) is 0 Å². The Balaban J connectivity index is 3.23. The first-order valence-corrected chi connectivity index (χ1v) is 4.43. The van der Waals surface area contributed by atoms with Crippen molar-refractivity contribution in [1.29, 1.82) is 0 Å². The Kier molecular flexibility index (Phi) is 2.69. The molecule has 0 aliphatic carbocycles. The van der Waals surface area contributed by atoms with Gasteiger partial charge in [0.1, 0.15) is 0 Å². The minimum Gasteiger partial charge on any atom is -0.237 e. The lowest BCUT2D eigenvalue weighted by atomic mass is 10.3. The van der Waals surface area contributed by atoms with E-state index in [9.17, 15) is 0 Å². The van der Waals surface area contributed by atoms with Gasteiger partial charge in [-0.1, -0.05) is 50.7 Å². The van der Waals surface area contributed by atoms with Gasteiger partial charge in [0.25, 0.3) is 0 Å². The summed E-state index contributed by atoms with van der Waals surface area (Å²) in [6.45, 7) is 6.76. The van der Waals surface area contributed by atoms with Crippen molar-refractivity contribution in [1.82, 2.24) is 0 Å². The van der Waals surface area contributed by atoms with Crippen molar-refractivity contribution in [3.63, 3.8) is 0 Å². The molecule has 0 atom stereocenters. The monoisotopic (exact) mass is 307 g/mol. The van der Waals surface area contributed by atoms with E-state index in [-0.39, 0.29) is 0 Å². The van der Waals surface area contributed by atoms with Crippen LogP contribution in [-0.2, 0) is 0 Å². The summed E-state index contributed by atoms with van der Waals surface area (Å²) in [5.41, 5.74) is 0.712. The van der Waals surface area contributed by atoms with Crippen LogP contribution in [0.5, 0.6) is 0 Å². The second kappa shape index (κ2) is 3.35. The highest BCUT2D eigenvalue weighted by Crippen LogP contribution is 2.24. The predicted octanol–water partition coefficient (Wildman–Crippen LogP) is 3.60. The third kappa shape index (κ3) is 1.70. The maximum atomic E-state index is 6.76. The molecule has 1 aromatic rings. The van der Waals surface area contributed by atoms with Crippen molar-refractivity contribution in [2.45, 2.75) is 0 Å². The fraction of sp³-hybridized carbons (Fsp3) is 0. The lowest BCUT2D eigenvalue weighted by Crippen LogP contribution is -1.70. The van der Waals surface area contributed by atoms with E-state index < -0.39 is 0 Å². The SMILES string of the molecule is [C-]#[N+]c1ccc(Br)cc1I. The molecule has 0 fully saturated rings. The molecule has 1 rings (SSSR count). The zero-order valence-electron chi connectivity index (χ0n) is 4.94. The van der Waals surface area contributed by atoms with Gasteiger partial charge in [-0.05, 0) is 6.07 Å². The van der Waals surface area contributed by atoms with Gasteiger partial charge in [-0.25, -0.2) is 4.85 Å². The summed E-state index contributed by atoms with van der Waals surface area (Å²) >= 11 is 5.46. The van der Waals surface area contributed by atoms with Gasteiger partial charge >= 0.3 is 0 Å². The molecule has 0 bridgehead atoms. The Morgan fingerprint density at radius 3 is 2.70 bits per heavy atom. The second-order valence-corrected chi connectivity index (χ2v) is 3.79.